The minimum atomic E-state index is -1.09. The van der Waals surface area contributed by atoms with E-state index in [1.165, 1.54) is 0 Å². The summed E-state index contributed by atoms with van der Waals surface area (Å²) >= 11 is 11.7. The molecule has 1 fully saturated rings. The summed E-state index contributed by atoms with van der Waals surface area (Å²) in [6.45, 7) is 1.57. The normalized spacial score (nSPS) is 18.9. The number of nitrogens with zero attached hydrogens (tertiary/aromatic N) is 1. The highest BCUT2D eigenvalue weighted by atomic mass is 35.5. The Morgan fingerprint density at radius 3 is 2.92 bits per heavy atom. The average molecular weight is 375 g/mol. The molecule has 1 aromatic rings. The van der Waals surface area contributed by atoms with Crippen molar-refractivity contribution in [2.24, 2.45) is 5.92 Å². The fraction of sp³-hybridized carbons (Fsp3) is 0.500. The van der Waals surface area contributed by atoms with Gasteiger partial charge < -0.3 is 20.1 Å². The Kier molecular flexibility index (Phi) is 7.15. The van der Waals surface area contributed by atoms with Crippen molar-refractivity contribution in [3.05, 3.63) is 34.9 Å². The quantitative estimate of drug-likeness (QED) is 0.451. The van der Waals surface area contributed by atoms with E-state index in [1.807, 2.05) is 18.2 Å². The molecule has 0 spiro atoms. The molecule has 8 heteroatoms. The zero-order valence-corrected chi connectivity index (χ0v) is 14.6. The third kappa shape index (κ3) is 5.54. The lowest BCUT2D eigenvalue weighted by Gasteiger charge is -2.36. The number of carboxylic acid groups (broad SMARTS) is 1. The van der Waals surface area contributed by atoms with Crippen LogP contribution < -0.4 is 5.32 Å². The van der Waals surface area contributed by atoms with Gasteiger partial charge in [-0.15, -0.1) is 0 Å². The predicted octanol–water partition coefficient (Wildman–Crippen LogP) is 3.74. The lowest BCUT2D eigenvalue weighted by Crippen LogP contribution is -2.40. The average Bonchev–Trinajstić information content (AvgIpc) is 2.54. The van der Waals surface area contributed by atoms with Gasteiger partial charge in [-0.1, -0.05) is 23.7 Å². The summed E-state index contributed by atoms with van der Waals surface area (Å²) in [7, 11) is 0. The van der Waals surface area contributed by atoms with Crippen molar-refractivity contribution in [1.82, 2.24) is 10.2 Å². The van der Waals surface area contributed by atoms with Crippen LogP contribution >= 0.6 is 23.2 Å². The highest BCUT2D eigenvalue weighted by molar-refractivity contribution is 6.62. The van der Waals surface area contributed by atoms with Crippen molar-refractivity contribution in [2.75, 3.05) is 26.2 Å². The smallest absolute Gasteiger partial charge is 0.404 e. The first kappa shape index (κ1) is 18.8. The Hall–Kier alpha value is -1.50. The molecule has 132 valence electrons. The van der Waals surface area contributed by atoms with E-state index >= 15 is 0 Å². The maximum atomic E-state index is 11.4. The molecule has 0 aliphatic carbocycles. The first-order chi connectivity index (χ1) is 11.5. The molecule has 2 rings (SSSR count). The van der Waals surface area contributed by atoms with Gasteiger partial charge in [0.05, 0.1) is 12.7 Å². The molecule has 1 heterocycles. The second kappa shape index (κ2) is 9.11. The highest BCUT2D eigenvalue weighted by Crippen LogP contribution is 2.34. The molecule has 24 heavy (non-hydrogen) atoms. The Balaban J connectivity index is 2.09. The van der Waals surface area contributed by atoms with E-state index < -0.39 is 11.5 Å². The van der Waals surface area contributed by atoms with Crippen LogP contribution in [0, 0.1) is 5.92 Å². The summed E-state index contributed by atoms with van der Waals surface area (Å²) < 4.78 is 5.94. The van der Waals surface area contributed by atoms with E-state index in [9.17, 15) is 9.59 Å². The monoisotopic (exact) mass is 374 g/mol. The molecule has 2 amide bonds. The molecule has 0 saturated carbocycles. The molecule has 6 nitrogen and oxygen atoms in total. The van der Waals surface area contributed by atoms with Crippen LogP contribution in [0.15, 0.2) is 24.3 Å². The number of hydrogen-bond donors (Lipinski definition) is 2. The van der Waals surface area contributed by atoms with Gasteiger partial charge in [-0.3, -0.25) is 4.79 Å². The van der Waals surface area contributed by atoms with Crippen LogP contribution in [0.1, 0.15) is 24.5 Å². The molecule has 1 aliphatic rings. The number of halogens is 2. The third-order valence-electron chi connectivity index (χ3n) is 3.99. The predicted molar refractivity (Wildman–Crippen MR) is 91.7 cm³/mol. The molecule has 0 aromatic heterocycles. The van der Waals surface area contributed by atoms with Crippen molar-refractivity contribution < 1.29 is 19.4 Å². The molecule has 1 aromatic carbocycles. The summed E-state index contributed by atoms with van der Waals surface area (Å²) in [6, 6.07) is 7.38. The Labute approximate surface area is 150 Å². The minimum Gasteiger partial charge on any atom is -0.465 e. The third-order valence-corrected chi connectivity index (χ3v) is 4.46. The first-order valence-corrected chi connectivity index (χ1v) is 8.51. The van der Waals surface area contributed by atoms with Crippen LogP contribution in [0.3, 0.4) is 0 Å². The van der Waals surface area contributed by atoms with Crippen molar-refractivity contribution in [1.29, 1.82) is 0 Å². The zero-order valence-electron chi connectivity index (χ0n) is 13.1. The lowest BCUT2D eigenvalue weighted by molar-refractivity contribution is -0.00702. The van der Waals surface area contributed by atoms with E-state index in [4.69, 9.17) is 33.0 Å². The van der Waals surface area contributed by atoms with Crippen LogP contribution in [-0.4, -0.2) is 47.7 Å². The van der Waals surface area contributed by atoms with Gasteiger partial charge in [-0.2, -0.15) is 0 Å². The van der Waals surface area contributed by atoms with E-state index in [2.05, 4.69) is 5.32 Å². The van der Waals surface area contributed by atoms with Gasteiger partial charge >= 0.3 is 11.5 Å². The van der Waals surface area contributed by atoms with E-state index in [0.29, 0.717) is 18.1 Å². The van der Waals surface area contributed by atoms with E-state index in [-0.39, 0.29) is 25.2 Å². The zero-order chi connectivity index (χ0) is 17.5. The molecule has 2 atom stereocenters. The number of nitrogens with one attached hydrogen (secondary N) is 1. The van der Waals surface area contributed by atoms with Crippen LogP contribution in [-0.2, 0) is 4.74 Å². The summed E-state index contributed by atoms with van der Waals surface area (Å²) in [5, 5.41) is 11.0. The van der Waals surface area contributed by atoms with E-state index in [0.717, 1.165) is 18.4 Å². The summed E-state index contributed by atoms with van der Waals surface area (Å²) in [6.07, 6.45) is 0.369. The topological polar surface area (TPSA) is 78.9 Å². The number of hydrogen-bond acceptors (Lipinski definition) is 3. The summed E-state index contributed by atoms with van der Waals surface area (Å²) in [5.41, 5.74) is 0.909. The van der Waals surface area contributed by atoms with Crippen LogP contribution in [0.2, 0.25) is 5.02 Å². The Morgan fingerprint density at radius 2 is 2.25 bits per heavy atom. The van der Waals surface area contributed by atoms with Gasteiger partial charge in [0.25, 0.3) is 0 Å². The molecule has 0 radical (unpaired) electrons. The van der Waals surface area contributed by atoms with Gasteiger partial charge in [0.15, 0.2) is 0 Å². The van der Waals surface area contributed by atoms with Crippen molar-refractivity contribution in [2.45, 2.75) is 18.9 Å². The molecule has 2 N–H and O–H groups in total. The SMILES string of the molecule is O=C(O)NCCO[C@@H](c1cccc(Cl)c1)[C@@H]1CCCN(C(=O)Cl)C1. The summed E-state index contributed by atoms with van der Waals surface area (Å²) in [4.78, 5) is 23.6. The molecule has 0 unspecified atom stereocenters. The first-order valence-electron chi connectivity index (χ1n) is 7.75. The molecule has 1 saturated heterocycles. The van der Waals surface area contributed by atoms with Gasteiger partial charge in [-0.05, 0) is 42.1 Å². The van der Waals surface area contributed by atoms with Crippen LogP contribution in [0.25, 0.3) is 0 Å². The van der Waals surface area contributed by atoms with Crippen molar-refractivity contribution in [3.63, 3.8) is 0 Å². The highest BCUT2D eigenvalue weighted by Gasteiger charge is 2.30. The minimum absolute atomic E-state index is 0.0738. The second-order valence-corrected chi connectivity index (χ2v) is 6.44. The standard InChI is InChI=1S/C16H20Cl2N2O4/c17-13-5-1-3-11(9-13)14(24-8-6-19-16(22)23)12-4-2-7-20(10-12)15(18)21/h1,3,5,9,12,14,19H,2,4,6-8,10H2,(H,22,23)/t12-,14+/m1/s1. The van der Waals surface area contributed by atoms with Crippen LogP contribution in [0.4, 0.5) is 9.59 Å². The maximum absolute atomic E-state index is 11.4. The molecular weight excluding hydrogens is 355 g/mol. The number of amides is 2. The maximum Gasteiger partial charge on any atom is 0.404 e. The van der Waals surface area contributed by atoms with Gasteiger partial charge in [-0.25, -0.2) is 4.79 Å². The van der Waals surface area contributed by atoms with Gasteiger partial charge in [0, 0.05) is 30.6 Å². The van der Waals surface area contributed by atoms with Gasteiger partial charge in [0.2, 0.25) is 0 Å². The van der Waals surface area contributed by atoms with Crippen LogP contribution in [0.5, 0.6) is 0 Å². The number of carbonyl (C=O) groups excluding carboxylic acids is 1. The number of rotatable bonds is 6. The van der Waals surface area contributed by atoms with Crippen molar-refractivity contribution >= 4 is 34.7 Å². The molecule has 0 bridgehead atoms. The van der Waals surface area contributed by atoms with E-state index in [1.54, 1.807) is 11.0 Å². The number of ether oxygens (including phenoxy) is 1. The Morgan fingerprint density at radius 1 is 1.46 bits per heavy atom. The molecule has 1 aliphatic heterocycles. The molecular formula is C16H20Cl2N2O4. The Bertz CT molecular complexity index is 585. The fourth-order valence-corrected chi connectivity index (χ4v) is 3.30. The summed E-state index contributed by atoms with van der Waals surface area (Å²) in [5.74, 6) is 0.0738. The number of carbonyl (C=O) groups is 2. The fourth-order valence-electron chi connectivity index (χ4n) is 2.95. The number of piperidine rings is 1. The van der Waals surface area contributed by atoms with Gasteiger partial charge in [0.1, 0.15) is 0 Å². The number of benzene rings is 1. The second-order valence-electron chi connectivity index (χ2n) is 5.68. The number of likely N-dealkylation sites (tertiary alicyclic amines) is 1. The lowest BCUT2D eigenvalue weighted by atomic mass is 9.88. The largest absolute Gasteiger partial charge is 0.465 e. The van der Waals surface area contributed by atoms with Crippen molar-refractivity contribution in [3.8, 4) is 0 Å².